The lowest BCUT2D eigenvalue weighted by molar-refractivity contribution is -0.112. The van der Waals surface area contributed by atoms with Crippen molar-refractivity contribution in [1.82, 2.24) is 0 Å². The molecular formula is C4H10NOP. The van der Waals surface area contributed by atoms with E-state index in [0.29, 0.717) is 0 Å². The summed E-state index contributed by atoms with van der Waals surface area (Å²) in [5.41, 5.74) is 5.23. The Balaban J connectivity index is 3.34. The average Bonchev–Trinajstić information content (AvgIpc) is 1.65. The lowest BCUT2D eigenvalue weighted by Gasteiger charge is -1.98. The summed E-state index contributed by atoms with van der Waals surface area (Å²) in [6, 6.07) is -0.273. The van der Waals surface area contributed by atoms with Gasteiger partial charge in [-0.05, 0) is 6.42 Å². The van der Waals surface area contributed by atoms with E-state index in [9.17, 15) is 4.79 Å². The van der Waals surface area contributed by atoms with Crippen molar-refractivity contribution in [2.45, 2.75) is 19.4 Å². The van der Waals surface area contributed by atoms with Crippen LogP contribution in [0, 0.1) is 0 Å². The topological polar surface area (TPSA) is 43.1 Å². The van der Waals surface area contributed by atoms with Gasteiger partial charge >= 0.3 is 0 Å². The molecule has 0 bridgehead atoms. The molecule has 0 aliphatic heterocycles. The summed E-state index contributed by atoms with van der Waals surface area (Å²) < 4.78 is 0. The minimum atomic E-state index is -0.273. The zero-order valence-electron chi connectivity index (χ0n) is 4.35. The van der Waals surface area contributed by atoms with Crippen LogP contribution < -0.4 is 5.73 Å². The van der Waals surface area contributed by atoms with Gasteiger partial charge in [-0.25, -0.2) is 0 Å². The Hall–Kier alpha value is 0.0600. The van der Waals surface area contributed by atoms with Gasteiger partial charge in [-0.1, -0.05) is 16.2 Å². The van der Waals surface area contributed by atoms with E-state index in [4.69, 9.17) is 5.73 Å². The summed E-state index contributed by atoms with van der Waals surface area (Å²) in [5, 5.41) is 0. The molecule has 0 aromatic heterocycles. The predicted octanol–water partition coefficient (Wildman–Crippen LogP) is 0.125. The van der Waals surface area contributed by atoms with Crippen LogP contribution in [0.5, 0.6) is 0 Å². The maximum Gasteiger partial charge on any atom is 0.164 e. The Kier molecular flexibility index (Phi) is 3.14. The summed E-state index contributed by atoms with van der Waals surface area (Å²) in [7, 11) is 2.05. The van der Waals surface area contributed by atoms with Gasteiger partial charge in [0, 0.05) is 0 Å². The molecule has 0 aliphatic rings. The zero-order chi connectivity index (χ0) is 5.86. The summed E-state index contributed by atoms with van der Waals surface area (Å²) in [6.45, 7) is 1.88. The van der Waals surface area contributed by atoms with Crippen LogP contribution in [0.2, 0.25) is 0 Å². The summed E-state index contributed by atoms with van der Waals surface area (Å²) in [6.07, 6.45) is 0.725. The van der Waals surface area contributed by atoms with E-state index in [1.54, 1.807) is 0 Å². The summed E-state index contributed by atoms with van der Waals surface area (Å²) in [4.78, 5) is 10.2. The van der Waals surface area contributed by atoms with Crippen LogP contribution in [0.25, 0.3) is 0 Å². The van der Waals surface area contributed by atoms with Gasteiger partial charge in [0.25, 0.3) is 0 Å². The number of hydrogen-bond donors (Lipinski definition) is 1. The molecule has 0 fully saturated rings. The molecule has 7 heavy (non-hydrogen) atoms. The van der Waals surface area contributed by atoms with E-state index in [2.05, 4.69) is 9.24 Å². The van der Waals surface area contributed by atoms with Gasteiger partial charge in [0.1, 0.15) is 0 Å². The first-order valence-electron chi connectivity index (χ1n) is 2.23. The molecule has 0 radical (unpaired) electrons. The van der Waals surface area contributed by atoms with Crippen molar-refractivity contribution in [3.63, 3.8) is 0 Å². The largest absolute Gasteiger partial charge is 0.321 e. The molecule has 0 heterocycles. The maximum absolute atomic E-state index is 10.2. The number of carbonyl (C=O) groups is 1. The molecule has 0 spiro atoms. The van der Waals surface area contributed by atoms with E-state index in [1.165, 1.54) is 0 Å². The van der Waals surface area contributed by atoms with E-state index < -0.39 is 0 Å². The molecule has 3 heteroatoms. The molecule has 0 rings (SSSR count). The molecule has 0 aromatic rings. The number of rotatable bonds is 2. The fraction of sp³-hybridized carbons (Fsp3) is 0.750. The van der Waals surface area contributed by atoms with Crippen LogP contribution in [-0.2, 0) is 4.79 Å². The third-order valence-corrected chi connectivity index (χ3v) is 1.23. The molecule has 2 N–H and O–H groups in total. The highest BCUT2D eigenvalue weighted by Crippen LogP contribution is 1.93. The average molecular weight is 119 g/mol. The first-order valence-corrected chi connectivity index (χ1v) is 2.81. The first-order chi connectivity index (χ1) is 3.18. The van der Waals surface area contributed by atoms with Gasteiger partial charge in [0.2, 0.25) is 0 Å². The molecule has 0 saturated carbocycles. The summed E-state index contributed by atoms with van der Waals surface area (Å²) >= 11 is 0. The highest BCUT2D eigenvalue weighted by Gasteiger charge is 2.01. The Morgan fingerprint density at radius 3 is 2.43 bits per heavy atom. The molecule has 0 amide bonds. The lowest BCUT2D eigenvalue weighted by atomic mass is 10.3. The lowest BCUT2D eigenvalue weighted by Crippen LogP contribution is -2.24. The van der Waals surface area contributed by atoms with Gasteiger partial charge in [-0.3, -0.25) is 4.79 Å². The fourth-order valence-electron chi connectivity index (χ4n) is 0.201. The third kappa shape index (κ3) is 2.72. The number of carbonyl (C=O) groups excluding carboxylic acids is 1. The summed E-state index contributed by atoms with van der Waals surface area (Å²) in [5.74, 6) is 0. The number of nitrogens with two attached hydrogens (primary N) is 1. The van der Waals surface area contributed by atoms with Crippen molar-refractivity contribution in [3.8, 4) is 0 Å². The van der Waals surface area contributed by atoms with Crippen LogP contribution in [0.1, 0.15) is 13.3 Å². The normalized spacial score (nSPS) is 13.6. The highest BCUT2D eigenvalue weighted by atomic mass is 31.0. The molecule has 2 nitrogen and oxygen atoms in total. The van der Waals surface area contributed by atoms with Crippen LogP contribution in [0.15, 0.2) is 0 Å². The second-order valence-electron chi connectivity index (χ2n) is 1.42. The number of hydrogen-bond acceptors (Lipinski definition) is 2. The Labute approximate surface area is 45.7 Å². The van der Waals surface area contributed by atoms with Crippen LogP contribution in [0.4, 0.5) is 0 Å². The minimum Gasteiger partial charge on any atom is -0.321 e. The second kappa shape index (κ2) is 3.11. The van der Waals surface area contributed by atoms with E-state index in [-0.39, 0.29) is 11.6 Å². The van der Waals surface area contributed by atoms with Gasteiger partial charge in [-0.2, -0.15) is 0 Å². The molecular weight excluding hydrogens is 109 g/mol. The van der Waals surface area contributed by atoms with Crippen LogP contribution >= 0.6 is 9.24 Å². The van der Waals surface area contributed by atoms with Crippen molar-refractivity contribution in [3.05, 3.63) is 0 Å². The van der Waals surface area contributed by atoms with Crippen molar-refractivity contribution < 1.29 is 4.79 Å². The SMILES string of the molecule is CCC(N)C(=O)P. The highest BCUT2D eigenvalue weighted by molar-refractivity contribution is 7.40. The quantitative estimate of drug-likeness (QED) is 0.525. The van der Waals surface area contributed by atoms with Crippen molar-refractivity contribution in [1.29, 1.82) is 0 Å². The Bertz CT molecular complexity index is 74.1. The Morgan fingerprint density at radius 2 is 2.43 bits per heavy atom. The standard InChI is InChI=1S/C4H10NOP/c1-2-3(5)4(6)7/h3H,2,5,7H2,1H3. The first kappa shape index (κ1) is 7.06. The van der Waals surface area contributed by atoms with Gasteiger partial charge in [-0.15, -0.1) is 0 Å². The fourth-order valence-corrected chi connectivity index (χ4v) is 0.437. The van der Waals surface area contributed by atoms with Gasteiger partial charge in [0.15, 0.2) is 5.52 Å². The van der Waals surface area contributed by atoms with Crippen molar-refractivity contribution >= 4 is 14.8 Å². The monoisotopic (exact) mass is 119 g/mol. The van der Waals surface area contributed by atoms with Crippen molar-refractivity contribution in [2.24, 2.45) is 5.73 Å². The molecule has 0 aromatic carbocycles. The van der Waals surface area contributed by atoms with Crippen molar-refractivity contribution in [2.75, 3.05) is 0 Å². The second-order valence-corrected chi connectivity index (χ2v) is 1.99. The van der Waals surface area contributed by atoms with E-state index >= 15 is 0 Å². The third-order valence-electron chi connectivity index (χ3n) is 0.805. The molecule has 0 saturated heterocycles. The predicted molar refractivity (Wildman–Crippen MR) is 33.0 cm³/mol. The van der Waals surface area contributed by atoms with Gasteiger partial charge in [0.05, 0.1) is 6.04 Å². The van der Waals surface area contributed by atoms with E-state index in [0.717, 1.165) is 6.42 Å². The van der Waals surface area contributed by atoms with Gasteiger partial charge < -0.3 is 5.73 Å². The molecule has 2 atom stereocenters. The van der Waals surface area contributed by atoms with Crippen LogP contribution in [-0.4, -0.2) is 11.6 Å². The molecule has 0 aliphatic carbocycles. The Morgan fingerprint density at radius 1 is 2.00 bits per heavy atom. The van der Waals surface area contributed by atoms with E-state index in [1.807, 2.05) is 6.92 Å². The minimum absolute atomic E-state index is 0.0116. The molecule has 42 valence electrons. The zero-order valence-corrected chi connectivity index (χ0v) is 5.50. The van der Waals surface area contributed by atoms with Crippen LogP contribution in [0.3, 0.4) is 0 Å². The molecule has 2 unspecified atom stereocenters. The smallest absolute Gasteiger partial charge is 0.164 e. The maximum atomic E-state index is 10.2.